The monoisotopic (exact) mass is 784 g/mol. The smallest absolute Gasteiger partial charge is 0.0547 e. The molecule has 12 aromatic carbocycles. The molecular weight excluding hydrogens is 749 g/mol. The van der Waals surface area contributed by atoms with E-state index in [1.165, 1.54) is 131 Å². The lowest BCUT2D eigenvalue weighted by Crippen LogP contribution is -1.94. The lowest BCUT2D eigenvalue weighted by molar-refractivity contribution is 1.18. The maximum Gasteiger partial charge on any atom is 0.0547 e. The van der Waals surface area contributed by atoms with Crippen LogP contribution in [0.4, 0.5) is 0 Å². The number of fused-ring (bicyclic) bond motifs is 8. The summed E-state index contributed by atoms with van der Waals surface area (Å²) in [4.78, 5) is 0. The Morgan fingerprint density at radius 2 is 0.581 bits per heavy atom. The number of para-hydroxylation sites is 2. The van der Waals surface area contributed by atoms with Crippen molar-refractivity contribution in [3.05, 3.63) is 218 Å². The molecule has 0 unspecified atom stereocenters. The molecule has 2 nitrogen and oxygen atoms in total. The van der Waals surface area contributed by atoms with Crippen LogP contribution in [0.5, 0.6) is 0 Å². The molecule has 286 valence electrons. The van der Waals surface area contributed by atoms with E-state index in [9.17, 15) is 0 Å². The molecule has 0 bridgehead atoms. The first kappa shape index (κ1) is 33.6. The van der Waals surface area contributed by atoms with Gasteiger partial charge in [-0.2, -0.15) is 0 Å². The van der Waals surface area contributed by atoms with Crippen LogP contribution in [0.25, 0.3) is 131 Å². The van der Waals surface area contributed by atoms with Gasteiger partial charge in [-0.15, -0.1) is 0 Å². The third-order valence-electron chi connectivity index (χ3n) is 13.6. The Bertz CT molecular complexity index is 3860. The van der Waals surface area contributed by atoms with E-state index in [4.69, 9.17) is 0 Å². The quantitative estimate of drug-likeness (QED) is 0.157. The highest BCUT2D eigenvalue weighted by molar-refractivity contribution is 6.28. The van der Waals surface area contributed by atoms with E-state index in [0.29, 0.717) is 0 Å². The minimum atomic E-state index is 1.17. The zero-order chi connectivity index (χ0) is 40.5. The van der Waals surface area contributed by atoms with Crippen molar-refractivity contribution in [1.29, 1.82) is 0 Å². The Labute approximate surface area is 357 Å². The van der Waals surface area contributed by atoms with Gasteiger partial charge < -0.3 is 9.13 Å². The normalized spacial score (nSPS) is 12.2. The maximum absolute atomic E-state index is 2.44. The van der Waals surface area contributed by atoms with Gasteiger partial charge in [-0.25, -0.2) is 0 Å². The molecule has 0 N–H and O–H groups in total. The standard InChI is InChI=1S/C60H36N2/c1-3-15-45(16-4-1)61-55-35-43(23-27-49(55)53-31-39-11-7-9-13-41(39)33-57(53)61)47-25-19-37-22-30-52-48(26-20-38-21-29-51(47)59(37)60(38)52)44-24-28-50-54-32-40-12-8-10-14-42(40)34-58(54)62(56(50)36-44)46-17-5-2-6-18-46/h1-36H. The summed E-state index contributed by atoms with van der Waals surface area (Å²) in [6.07, 6.45) is 0. The van der Waals surface area contributed by atoms with E-state index < -0.39 is 0 Å². The summed E-state index contributed by atoms with van der Waals surface area (Å²) in [7, 11) is 0. The molecular formula is C60H36N2. The van der Waals surface area contributed by atoms with E-state index in [2.05, 4.69) is 228 Å². The molecule has 0 radical (unpaired) electrons. The Hall–Kier alpha value is -8.20. The Balaban J connectivity index is 0.985. The Morgan fingerprint density at radius 1 is 0.226 bits per heavy atom. The van der Waals surface area contributed by atoms with Gasteiger partial charge >= 0.3 is 0 Å². The van der Waals surface area contributed by atoms with Crippen molar-refractivity contribution in [2.24, 2.45) is 0 Å². The van der Waals surface area contributed by atoms with Crippen LogP contribution in [-0.4, -0.2) is 9.13 Å². The fourth-order valence-corrected chi connectivity index (χ4v) is 10.8. The summed E-state index contributed by atoms with van der Waals surface area (Å²) in [6.45, 7) is 0. The highest BCUT2D eigenvalue weighted by Crippen LogP contribution is 2.45. The summed E-state index contributed by atoms with van der Waals surface area (Å²) >= 11 is 0. The summed E-state index contributed by atoms with van der Waals surface area (Å²) in [5.41, 5.74) is 12.1. The van der Waals surface area contributed by atoms with E-state index in [-0.39, 0.29) is 0 Å². The van der Waals surface area contributed by atoms with Crippen LogP contribution in [0.1, 0.15) is 0 Å². The van der Waals surface area contributed by atoms with Gasteiger partial charge in [-0.3, -0.25) is 0 Å². The van der Waals surface area contributed by atoms with Crippen molar-refractivity contribution in [2.75, 3.05) is 0 Å². The number of nitrogens with zero attached hydrogens (tertiary/aromatic N) is 2. The van der Waals surface area contributed by atoms with Crippen LogP contribution in [0, 0.1) is 0 Å². The van der Waals surface area contributed by atoms with Crippen molar-refractivity contribution in [1.82, 2.24) is 9.13 Å². The first-order chi connectivity index (χ1) is 30.7. The van der Waals surface area contributed by atoms with E-state index >= 15 is 0 Å². The number of rotatable bonds is 4. The van der Waals surface area contributed by atoms with Crippen LogP contribution in [0.3, 0.4) is 0 Å². The van der Waals surface area contributed by atoms with Crippen molar-refractivity contribution >= 4 is 97.5 Å². The lowest BCUT2D eigenvalue weighted by Gasteiger charge is -2.17. The van der Waals surface area contributed by atoms with Crippen molar-refractivity contribution in [2.45, 2.75) is 0 Å². The summed E-state index contributed by atoms with van der Waals surface area (Å²) < 4.78 is 4.89. The van der Waals surface area contributed by atoms with E-state index in [1.807, 2.05) is 0 Å². The molecule has 0 saturated carbocycles. The minimum absolute atomic E-state index is 1.17. The predicted molar refractivity (Wildman–Crippen MR) is 265 cm³/mol. The first-order valence-corrected chi connectivity index (χ1v) is 21.5. The first-order valence-electron chi connectivity index (χ1n) is 21.5. The third-order valence-corrected chi connectivity index (χ3v) is 13.6. The molecule has 62 heavy (non-hydrogen) atoms. The molecule has 0 aliphatic heterocycles. The molecule has 2 heteroatoms. The zero-order valence-corrected chi connectivity index (χ0v) is 33.7. The molecule has 0 aliphatic carbocycles. The number of hydrogen-bond acceptors (Lipinski definition) is 0. The van der Waals surface area contributed by atoms with Gasteiger partial charge in [0.2, 0.25) is 0 Å². The number of hydrogen-bond donors (Lipinski definition) is 0. The lowest BCUT2D eigenvalue weighted by atomic mass is 9.87. The highest BCUT2D eigenvalue weighted by atomic mass is 15.0. The Kier molecular flexibility index (Phi) is 6.86. The van der Waals surface area contributed by atoms with Crippen LogP contribution in [0.15, 0.2) is 218 Å². The van der Waals surface area contributed by atoms with E-state index in [0.717, 1.165) is 0 Å². The third kappa shape index (κ3) is 4.75. The molecule has 2 heterocycles. The molecule has 2 aromatic heterocycles. The summed E-state index contributed by atoms with van der Waals surface area (Å²) in [5, 5.41) is 17.8. The van der Waals surface area contributed by atoms with Gasteiger partial charge in [0.25, 0.3) is 0 Å². The fourth-order valence-electron chi connectivity index (χ4n) is 10.8. The molecule has 0 aliphatic rings. The molecule has 0 fully saturated rings. The van der Waals surface area contributed by atoms with Gasteiger partial charge in [0.05, 0.1) is 22.1 Å². The van der Waals surface area contributed by atoms with Crippen molar-refractivity contribution in [3.63, 3.8) is 0 Å². The maximum atomic E-state index is 2.44. The largest absolute Gasteiger partial charge is 0.309 e. The molecule has 0 atom stereocenters. The average molecular weight is 785 g/mol. The fraction of sp³-hybridized carbons (Fsp3) is 0. The van der Waals surface area contributed by atoms with Gasteiger partial charge in [0.1, 0.15) is 0 Å². The van der Waals surface area contributed by atoms with Crippen LogP contribution < -0.4 is 0 Å². The molecule has 0 amide bonds. The predicted octanol–water partition coefficient (Wildman–Crippen LogP) is 16.4. The van der Waals surface area contributed by atoms with Gasteiger partial charge in [-0.05, 0) is 137 Å². The second kappa shape index (κ2) is 12.7. The molecule has 0 spiro atoms. The zero-order valence-electron chi connectivity index (χ0n) is 33.7. The number of benzene rings is 12. The second-order valence-corrected chi connectivity index (χ2v) is 16.9. The van der Waals surface area contributed by atoms with Gasteiger partial charge in [0.15, 0.2) is 0 Å². The molecule has 0 saturated heterocycles. The topological polar surface area (TPSA) is 9.86 Å². The molecule has 14 rings (SSSR count). The van der Waals surface area contributed by atoms with E-state index in [1.54, 1.807) is 0 Å². The summed E-state index contributed by atoms with van der Waals surface area (Å²) in [5.74, 6) is 0. The van der Waals surface area contributed by atoms with Gasteiger partial charge in [0, 0.05) is 32.9 Å². The highest BCUT2D eigenvalue weighted by Gasteiger charge is 2.20. The van der Waals surface area contributed by atoms with Crippen LogP contribution >= 0.6 is 0 Å². The van der Waals surface area contributed by atoms with Crippen molar-refractivity contribution in [3.8, 4) is 33.6 Å². The van der Waals surface area contributed by atoms with Crippen LogP contribution in [-0.2, 0) is 0 Å². The summed E-state index contributed by atoms with van der Waals surface area (Å²) in [6, 6.07) is 81.2. The van der Waals surface area contributed by atoms with Crippen LogP contribution in [0.2, 0.25) is 0 Å². The SMILES string of the molecule is c1ccc(-n2c3cc(-c4ccc5ccc6c(-c7ccc8c9cc%10ccccc%10cc9n(-c9ccccc9)c8c7)ccc7ccc4c5c76)ccc3c3cc4ccccc4cc32)cc1. The average Bonchev–Trinajstić information content (AvgIpc) is 3.82. The number of aromatic nitrogens is 2. The minimum Gasteiger partial charge on any atom is -0.309 e. The molecule has 14 aromatic rings. The Morgan fingerprint density at radius 3 is 1.02 bits per heavy atom. The van der Waals surface area contributed by atoms with Gasteiger partial charge in [-0.1, -0.05) is 158 Å². The second-order valence-electron chi connectivity index (χ2n) is 16.9. The van der Waals surface area contributed by atoms with Crippen molar-refractivity contribution < 1.29 is 0 Å².